The Kier molecular flexibility index (Phi) is 6.89. The van der Waals surface area contributed by atoms with Gasteiger partial charge in [-0.3, -0.25) is 0 Å². The van der Waals surface area contributed by atoms with E-state index in [1.165, 1.54) is 16.8 Å². The molecule has 0 saturated heterocycles. The predicted molar refractivity (Wildman–Crippen MR) is 82.9 cm³/mol. The Morgan fingerprint density at radius 3 is 2.68 bits per heavy atom. The number of ether oxygens (including phenoxy) is 1. The maximum Gasteiger partial charge on any atom is 0.0644 e. The lowest BCUT2D eigenvalue weighted by molar-refractivity contribution is 0.0846. The molecule has 0 fully saturated rings. The fraction of sp³-hybridized carbons (Fsp3) is 0.625. The quantitative estimate of drug-likeness (QED) is 0.781. The van der Waals surface area contributed by atoms with Crippen LogP contribution in [0.1, 0.15) is 31.9 Å². The fourth-order valence-corrected chi connectivity index (χ4v) is 2.03. The maximum absolute atomic E-state index is 5.62. The van der Waals surface area contributed by atoms with E-state index in [-0.39, 0.29) is 0 Å². The number of anilines is 1. The van der Waals surface area contributed by atoms with Crippen molar-refractivity contribution in [2.24, 2.45) is 0 Å². The first kappa shape index (κ1) is 16.0. The van der Waals surface area contributed by atoms with E-state index in [1.54, 1.807) is 0 Å². The minimum Gasteiger partial charge on any atom is -0.377 e. The Hall–Kier alpha value is -1.06. The Balaban J connectivity index is 2.68. The normalized spacial score (nSPS) is 11.1. The summed E-state index contributed by atoms with van der Waals surface area (Å²) in [6.07, 6.45) is 0.299. The lowest BCUT2D eigenvalue weighted by Crippen LogP contribution is -2.26. The van der Waals surface area contributed by atoms with Crippen LogP contribution in [0.25, 0.3) is 0 Å². The zero-order valence-electron chi connectivity index (χ0n) is 13.0. The van der Waals surface area contributed by atoms with Gasteiger partial charge in [0.15, 0.2) is 0 Å². The van der Waals surface area contributed by atoms with Crippen LogP contribution in [0.4, 0.5) is 5.69 Å². The third kappa shape index (κ3) is 5.62. The topological polar surface area (TPSA) is 24.5 Å². The van der Waals surface area contributed by atoms with Crippen molar-refractivity contribution in [1.29, 1.82) is 0 Å². The summed E-state index contributed by atoms with van der Waals surface area (Å²) >= 11 is 0. The molecule has 0 amide bonds. The number of benzene rings is 1. The summed E-state index contributed by atoms with van der Waals surface area (Å²) in [6, 6.07) is 6.64. The van der Waals surface area contributed by atoms with Crippen molar-refractivity contribution < 1.29 is 4.74 Å². The van der Waals surface area contributed by atoms with Crippen molar-refractivity contribution in [2.75, 3.05) is 31.6 Å². The Morgan fingerprint density at radius 1 is 1.32 bits per heavy atom. The molecule has 0 radical (unpaired) electrons. The first-order valence-corrected chi connectivity index (χ1v) is 7.17. The van der Waals surface area contributed by atoms with Gasteiger partial charge in [0.2, 0.25) is 0 Å². The summed E-state index contributed by atoms with van der Waals surface area (Å²) in [4.78, 5) is 2.27. The van der Waals surface area contributed by atoms with Gasteiger partial charge in [-0.2, -0.15) is 0 Å². The van der Waals surface area contributed by atoms with Gasteiger partial charge in [0.25, 0.3) is 0 Å². The molecule has 0 spiro atoms. The Morgan fingerprint density at radius 2 is 2.05 bits per heavy atom. The molecule has 0 unspecified atom stereocenters. The smallest absolute Gasteiger partial charge is 0.0644 e. The third-order valence-electron chi connectivity index (χ3n) is 3.09. The fourth-order valence-electron chi connectivity index (χ4n) is 2.03. The maximum atomic E-state index is 5.62. The highest BCUT2D eigenvalue weighted by atomic mass is 16.5. The third-order valence-corrected chi connectivity index (χ3v) is 3.09. The van der Waals surface area contributed by atoms with Crippen LogP contribution in [-0.2, 0) is 11.3 Å². The first-order valence-electron chi connectivity index (χ1n) is 7.17. The molecule has 19 heavy (non-hydrogen) atoms. The second-order valence-corrected chi connectivity index (χ2v) is 5.25. The summed E-state index contributed by atoms with van der Waals surface area (Å²) in [5.41, 5.74) is 3.95. The zero-order chi connectivity index (χ0) is 14.3. The molecule has 0 aliphatic carbocycles. The molecular formula is C16H28N2O. The number of hydrogen-bond acceptors (Lipinski definition) is 3. The molecule has 0 saturated carbocycles. The van der Waals surface area contributed by atoms with Crippen molar-refractivity contribution in [2.45, 2.75) is 40.3 Å². The van der Waals surface area contributed by atoms with Gasteiger partial charge in [0, 0.05) is 25.8 Å². The number of nitrogens with zero attached hydrogens (tertiary/aromatic N) is 1. The van der Waals surface area contributed by atoms with Crippen molar-refractivity contribution in [3.63, 3.8) is 0 Å². The van der Waals surface area contributed by atoms with Gasteiger partial charge < -0.3 is 15.0 Å². The number of likely N-dealkylation sites (N-methyl/N-ethyl adjacent to an activating group) is 1. The molecule has 1 aromatic carbocycles. The molecule has 3 heteroatoms. The van der Waals surface area contributed by atoms with Crippen LogP contribution >= 0.6 is 0 Å². The van der Waals surface area contributed by atoms with Crippen LogP contribution in [0.2, 0.25) is 0 Å². The van der Waals surface area contributed by atoms with Crippen molar-refractivity contribution >= 4 is 5.69 Å². The number of aryl methyl sites for hydroxylation is 1. The zero-order valence-corrected chi connectivity index (χ0v) is 13.0. The van der Waals surface area contributed by atoms with Gasteiger partial charge in [-0.15, -0.1) is 0 Å². The van der Waals surface area contributed by atoms with Gasteiger partial charge in [-0.1, -0.05) is 24.6 Å². The average Bonchev–Trinajstić information content (AvgIpc) is 2.35. The van der Waals surface area contributed by atoms with E-state index in [9.17, 15) is 0 Å². The highest BCUT2D eigenvalue weighted by Gasteiger charge is 2.07. The summed E-state index contributed by atoms with van der Waals surface area (Å²) in [7, 11) is 2.13. The summed E-state index contributed by atoms with van der Waals surface area (Å²) in [5.74, 6) is 0. The SMILES string of the molecule is CCNCc1cc(C)ccc1N(C)CCOC(C)C. The highest BCUT2D eigenvalue weighted by molar-refractivity contribution is 5.54. The molecule has 0 bridgehead atoms. The van der Waals surface area contributed by atoms with Crippen LogP contribution in [0.3, 0.4) is 0 Å². The standard InChI is InChI=1S/C16H28N2O/c1-6-17-12-15-11-14(4)7-8-16(15)18(5)9-10-19-13(2)3/h7-8,11,13,17H,6,9-10,12H2,1-5H3. The molecule has 1 N–H and O–H groups in total. The first-order chi connectivity index (χ1) is 9.04. The lowest BCUT2D eigenvalue weighted by atomic mass is 10.1. The van der Waals surface area contributed by atoms with Gasteiger partial charge in [-0.05, 0) is 38.9 Å². The van der Waals surface area contributed by atoms with Crippen molar-refractivity contribution in [3.05, 3.63) is 29.3 Å². The Labute approximate surface area is 118 Å². The molecule has 0 atom stereocenters. The lowest BCUT2D eigenvalue weighted by Gasteiger charge is -2.23. The van der Waals surface area contributed by atoms with E-state index in [4.69, 9.17) is 4.74 Å². The molecule has 0 aromatic heterocycles. The number of rotatable bonds is 8. The molecule has 0 aliphatic heterocycles. The minimum atomic E-state index is 0.299. The second kappa shape index (κ2) is 8.18. The molecule has 1 aromatic rings. The van der Waals surface area contributed by atoms with Crippen LogP contribution in [-0.4, -0.2) is 32.8 Å². The van der Waals surface area contributed by atoms with E-state index in [1.807, 2.05) is 0 Å². The van der Waals surface area contributed by atoms with Crippen LogP contribution in [0.5, 0.6) is 0 Å². The van der Waals surface area contributed by atoms with Crippen molar-refractivity contribution in [1.82, 2.24) is 5.32 Å². The van der Waals surface area contributed by atoms with Crippen LogP contribution in [0.15, 0.2) is 18.2 Å². The molecular weight excluding hydrogens is 236 g/mol. The van der Waals surface area contributed by atoms with E-state index < -0.39 is 0 Å². The summed E-state index contributed by atoms with van der Waals surface area (Å²) < 4.78 is 5.62. The molecule has 108 valence electrons. The van der Waals surface area contributed by atoms with E-state index in [0.717, 1.165) is 26.2 Å². The molecule has 1 rings (SSSR count). The summed E-state index contributed by atoms with van der Waals surface area (Å²) in [5, 5.41) is 3.40. The highest BCUT2D eigenvalue weighted by Crippen LogP contribution is 2.20. The van der Waals surface area contributed by atoms with Gasteiger partial charge in [-0.25, -0.2) is 0 Å². The number of hydrogen-bond donors (Lipinski definition) is 1. The largest absolute Gasteiger partial charge is 0.377 e. The number of nitrogens with one attached hydrogen (secondary N) is 1. The van der Waals surface area contributed by atoms with Gasteiger partial charge in [0.05, 0.1) is 12.7 Å². The van der Waals surface area contributed by atoms with Crippen LogP contribution in [0, 0.1) is 6.92 Å². The van der Waals surface area contributed by atoms with Gasteiger partial charge in [0.1, 0.15) is 0 Å². The molecule has 0 heterocycles. The van der Waals surface area contributed by atoms with E-state index in [0.29, 0.717) is 6.10 Å². The average molecular weight is 264 g/mol. The van der Waals surface area contributed by atoms with Crippen LogP contribution < -0.4 is 10.2 Å². The summed E-state index contributed by atoms with van der Waals surface area (Å²) in [6.45, 7) is 12.0. The minimum absolute atomic E-state index is 0.299. The molecule has 0 aliphatic rings. The predicted octanol–water partition coefficient (Wildman–Crippen LogP) is 2.97. The Bertz CT molecular complexity index is 377. The molecule has 3 nitrogen and oxygen atoms in total. The van der Waals surface area contributed by atoms with Crippen molar-refractivity contribution in [3.8, 4) is 0 Å². The monoisotopic (exact) mass is 264 g/mol. The van der Waals surface area contributed by atoms with E-state index >= 15 is 0 Å². The van der Waals surface area contributed by atoms with E-state index in [2.05, 4.69) is 63.2 Å². The second-order valence-electron chi connectivity index (χ2n) is 5.25. The van der Waals surface area contributed by atoms with Gasteiger partial charge >= 0.3 is 0 Å².